The van der Waals surface area contributed by atoms with Crippen LogP contribution < -0.4 is 0 Å². The summed E-state index contributed by atoms with van der Waals surface area (Å²) in [5, 5.41) is 9.57. The number of benzene rings is 4. The van der Waals surface area contributed by atoms with Gasteiger partial charge < -0.3 is 0 Å². The molecule has 0 amide bonds. The van der Waals surface area contributed by atoms with E-state index in [4.69, 9.17) is 16.9 Å². The van der Waals surface area contributed by atoms with Crippen LogP contribution >= 0.6 is 11.6 Å². The fraction of sp³-hybridized carbons (Fsp3) is 0.242. The quantitative estimate of drug-likeness (QED) is 0.250. The second-order valence-electron chi connectivity index (χ2n) is 9.83. The molecule has 0 bridgehead atoms. The van der Waals surface area contributed by atoms with Crippen molar-refractivity contribution < 1.29 is 8.78 Å². The van der Waals surface area contributed by atoms with Crippen LogP contribution in [0.5, 0.6) is 0 Å². The summed E-state index contributed by atoms with van der Waals surface area (Å²) in [6.07, 6.45) is 0. The normalized spacial score (nSPS) is 12.4. The van der Waals surface area contributed by atoms with E-state index in [0.29, 0.717) is 17.4 Å². The highest BCUT2D eigenvalue weighted by Crippen LogP contribution is 2.33. The summed E-state index contributed by atoms with van der Waals surface area (Å²) in [6, 6.07) is 31.0. The van der Waals surface area contributed by atoms with E-state index in [1.807, 2.05) is 72.8 Å². The van der Waals surface area contributed by atoms with Crippen molar-refractivity contribution in [2.45, 2.75) is 39.5 Å². The molecule has 0 radical (unpaired) electrons. The Kier molecular flexibility index (Phi) is 10.0. The van der Waals surface area contributed by atoms with Gasteiger partial charge in [0.05, 0.1) is 11.6 Å². The molecule has 2 atom stereocenters. The van der Waals surface area contributed by atoms with E-state index in [-0.39, 0.29) is 23.5 Å². The minimum absolute atomic E-state index is 0.197. The van der Waals surface area contributed by atoms with Gasteiger partial charge in [-0.3, -0.25) is 0 Å². The summed E-state index contributed by atoms with van der Waals surface area (Å²) in [4.78, 5) is 0. The SMILES string of the molecule is CC(C)C(c1ccc(F)cc1)c1ccc(C#N)cc1.CC(C)C(c1ccc(F)cc1)c1ccc(Cl)cc1. The van der Waals surface area contributed by atoms with E-state index >= 15 is 0 Å². The Morgan fingerprint density at radius 2 is 0.838 bits per heavy atom. The van der Waals surface area contributed by atoms with Crippen LogP contribution in [0.25, 0.3) is 0 Å². The molecular weight excluding hydrogens is 484 g/mol. The van der Waals surface area contributed by atoms with Gasteiger partial charge in [0.15, 0.2) is 0 Å². The maximum Gasteiger partial charge on any atom is 0.123 e. The predicted octanol–water partition coefficient (Wildman–Crippen LogP) is 9.75. The third kappa shape index (κ3) is 7.75. The number of hydrogen-bond acceptors (Lipinski definition) is 1. The molecule has 0 saturated carbocycles. The van der Waals surface area contributed by atoms with Crippen molar-refractivity contribution in [2.75, 3.05) is 0 Å². The van der Waals surface area contributed by atoms with Crippen LogP contribution in [0.4, 0.5) is 8.78 Å². The lowest BCUT2D eigenvalue weighted by Gasteiger charge is -2.22. The Hall–Kier alpha value is -3.48. The maximum atomic E-state index is 13.0. The molecule has 0 aromatic heterocycles. The van der Waals surface area contributed by atoms with E-state index in [2.05, 4.69) is 33.8 Å². The second kappa shape index (κ2) is 13.2. The average Bonchev–Trinajstić information content (AvgIpc) is 2.88. The van der Waals surface area contributed by atoms with Crippen LogP contribution in [0.15, 0.2) is 97.1 Å². The molecular formula is C33H32ClF2N. The minimum Gasteiger partial charge on any atom is -0.207 e. The Bertz CT molecular complexity index is 1240. The Morgan fingerprint density at radius 1 is 0.541 bits per heavy atom. The van der Waals surface area contributed by atoms with Gasteiger partial charge in [-0.15, -0.1) is 0 Å². The molecule has 0 N–H and O–H groups in total. The van der Waals surface area contributed by atoms with E-state index in [0.717, 1.165) is 21.7 Å². The zero-order chi connectivity index (χ0) is 26.9. The van der Waals surface area contributed by atoms with Crippen LogP contribution in [0.3, 0.4) is 0 Å². The Morgan fingerprint density at radius 3 is 1.14 bits per heavy atom. The van der Waals surface area contributed by atoms with Crippen molar-refractivity contribution in [3.05, 3.63) is 142 Å². The molecule has 0 aliphatic rings. The summed E-state index contributed by atoms with van der Waals surface area (Å²) in [5.41, 5.74) is 5.25. The molecule has 0 fully saturated rings. The maximum absolute atomic E-state index is 13.0. The van der Waals surface area contributed by atoms with Gasteiger partial charge in [0.1, 0.15) is 11.6 Å². The van der Waals surface area contributed by atoms with E-state index in [1.165, 1.54) is 29.8 Å². The van der Waals surface area contributed by atoms with Gasteiger partial charge in [-0.25, -0.2) is 8.78 Å². The lowest BCUT2D eigenvalue weighted by Crippen LogP contribution is -2.08. The molecule has 0 aliphatic carbocycles. The second-order valence-corrected chi connectivity index (χ2v) is 10.3. The van der Waals surface area contributed by atoms with Crippen molar-refractivity contribution in [3.63, 3.8) is 0 Å². The van der Waals surface area contributed by atoms with Crippen molar-refractivity contribution >= 4 is 11.6 Å². The lowest BCUT2D eigenvalue weighted by molar-refractivity contribution is 0.561. The first kappa shape index (κ1) is 28.1. The molecule has 0 saturated heterocycles. The molecule has 37 heavy (non-hydrogen) atoms. The summed E-state index contributed by atoms with van der Waals surface area (Å²) >= 11 is 5.91. The summed E-state index contributed by atoms with van der Waals surface area (Å²) in [7, 11) is 0. The van der Waals surface area contributed by atoms with Gasteiger partial charge in [0.2, 0.25) is 0 Å². The lowest BCUT2D eigenvalue weighted by atomic mass is 9.82. The smallest absolute Gasteiger partial charge is 0.123 e. The molecule has 1 nitrogen and oxygen atoms in total. The van der Waals surface area contributed by atoms with Crippen LogP contribution in [0.1, 0.15) is 67.3 Å². The first-order chi connectivity index (χ1) is 17.7. The largest absolute Gasteiger partial charge is 0.207 e. The molecule has 4 aromatic carbocycles. The molecule has 0 heterocycles. The summed E-state index contributed by atoms with van der Waals surface area (Å²) < 4.78 is 26.0. The van der Waals surface area contributed by atoms with Gasteiger partial charge in [-0.05, 0) is 82.6 Å². The van der Waals surface area contributed by atoms with Gasteiger partial charge >= 0.3 is 0 Å². The molecule has 0 spiro atoms. The molecule has 4 aromatic rings. The first-order valence-electron chi connectivity index (χ1n) is 12.5. The van der Waals surface area contributed by atoms with Crippen LogP contribution in [-0.4, -0.2) is 0 Å². The summed E-state index contributed by atoms with van der Waals surface area (Å²) in [6.45, 7) is 8.63. The topological polar surface area (TPSA) is 23.8 Å². The molecule has 0 aliphatic heterocycles. The monoisotopic (exact) mass is 515 g/mol. The number of rotatable bonds is 6. The van der Waals surface area contributed by atoms with Crippen LogP contribution in [0.2, 0.25) is 5.02 Å². The number of halogens is 3. The molecule has 190 valence electrons. The predicted molar refractivity (Wildman–Crippen MR) is 149 cm³/mol. The van der Waals surface area contributed by atoms with Gasteiger partial charge in [-0.1, -0.05) is 87.8 Å². The third-order valence-electron chi connectivity index (χ3n) is 6.42. The van der Waals surface area contributed by atoms with Gasteiger partial charge in [-0.2, -0.15) is 5.26 Å². The Labute approximate surface area is 224 Å². The van der Waals surface area contributed by atoms with Crippen molar-refractivity contribution in [3.8, 4) is 6.07 Å². The highest BCUT2D eigenvalue weighted by Gasteiger charge is 2.19. The minimum atomic E-state index is -0.217. The number of nitrogens with zero attached hydrogens (tertiary/aromatic N) is 1. The zero-order valence-electron chi connectivity index (χ0n) is 21.6. The van der Waals surface area contributed by atoms with Gasteiger partial charge in [0, 0.05) is 16.9 Å². The fourth-order valence-corrected chi connectivity index (χ4v) is 4.83. The van der Waals surface area contributed by atoms with Crippen molar-refractivity contribution in [1.82, 2.24) is 0 Å². The zero-order valence-corrected chi connectivity index (χ0v) is 22.4. The van der Waals surface area contributed by atoms with Crippen molar-refractivity contribution in [1.29, 1.82) is 5.26 Å². The average molecular weight is 516 g/mol. The van der Waals surface area contributed by atoms with Gasteiger partial charge in [0.25, 0.3) is 0 Å². The first-order valence-corrected chi connectivity index (χ1v) is 12.8. The van der Waals surface area contributed by atoms with E-state index < -0.39 is 0 Å². The third-order valence-corrected chi connectivity index (χ3v) is 6.67. The Balaban J connectivity index is 0.000000206. The number of hydrogen-bond donors (Lipinski definition) is 0. The van der Waals surface area contributed by atoms with E-state index in [1.54, 1.807) is 0 Å². The fourth-order valence-electron chi connectivity index (χ4n) is 4.70. The molecule has 2 unspecified atom stereocenters. The standard InChI is InChI=1S/C17H16FN.C16H16ClF/c1-12(2)17(15-7-9-16(18)10-8-15)14-5-3-13(11-19)4-6-14;1-11(2)16(12-3-7-14(17)8-4-12)13-5-9-15(18)10-6-13/h3-10,12,17H,1-2H3;3-11,16H,1-2H3. The highest BCUT2D eigenvalue weighted by molar-refractivity contribution is 6.30. The summed E-state index contributed by atoms with van der Waals surface area (Å²) in [5.74, 6) is 0.912. The molecule has 4 rings (SSSR count). The number of nitriles is 1. The van der Waals surface area contributed by atoms with Crippen LogP contribution in [0, 0.1) is 34.8 Å². The van der Waals surface area contributed by atoms with Crippen LogP contribution in [-0.2, 0) is 0 Å². The molecule has 4 heteroatoms. The van der Waals surface area contributed by atoms with E-state index in [9.17, 15) is 8.78 Å². The highest BCUT2D eigenvalue weighted by atomic mass is 35.5. The van der Waals surface area contributed by atoms with Crippen molar-refractivity contribution in [2.24, 2.45) is 11.8 Å².